The number of rotatable bonds is 11. The van der Waals surface area contributed by atoms with Gasteiger partial charge in [0.25, 0.3) is 0 Å². The van der Waals surface area contributed by atoms with E-state index >= 15 is 0 Å². The maximum atomic E-state index is 13.4. The number of fused-ring (bicyclic) bond motifs is 1. The molecule has 1 aliphatic heterocycles. The quantitative estimate of drug-likeness (QED) is 0.231. The molecule has 1 fully saturated rings. The average molecular weight is 543 g/mol. The molecule has 208 valence electrons. The number of carbonyl (C=O) groups is 2. The largest absolute Gasteiger partial charge is 0.487 e. The van der Waals surface area contributed by atoms with E-state index in [1.54, 1.807) is 6.07 Å². The second kappa shape index (κ2) is 13.3. The molecule has 4 aromatic rings. The van der Waals surface area contributed by atoms with Crippen molar-refractivity contribution in [2.75, 3.05) is 18.5 Å². The van der Waals surface area contributed by atoms with Gasteiger partial charge in [0.2, 0.25) is 5.91 Å². The van der Waals surface area contributed by atoms with Gasteiger partial charge in [0, 0.05) is 31.7 Å². The number of amides is 1. The highest BCUT2D eigenvalue weighted by Crippen LogP contribution is 2.38. The number of carbonyl (C=O) groups excluding carboxylic acids is 2. The van der Waals surface area contributed by atoms with Crippen molar-refractivity contribution in [3.05, 3.63) is 95.7 Å². The van der Waals surface area contributed by atoms with Gasteiger partial charge in [-0.15, -0.1) is 0 Å². The van der Waals surface area contributed by atoms with Crippen LogP contribution < -0.4 is 10.1 Å². The van der Waals surface area contributed by atoms with Gasteiger partial charge in [0.15, 0.2) is 6.29 Å². The molecule has 1 amide bonds. The molecule has 3 aromatic carbocycles. The second-order valence-corrected chi connectivity index (χ2v) is 9.75. The van der Waals surface area contributed by atoms with Crippen molar-refractivity contribution in [3.63, 3.8) is 0 Å². The maximum absolute atomic E-state index is 13.4. The molecule has 0 radical (unpaired) electrons. The Morgan fingerprint density at radius 2 is 1.70 bits per heavy atom. The summed E-state index contributed by atoms with van der Waals surface area (Å²) in [5.74, 6) is -0.336. The molecular weight excluding hydrogens is 508 g/mol. The number of anilines is 1. The summed E-state index contributed by atoms with van der Waals surface area (Å²) in [6, 6.07) is 22.8. The van der Waals surface area contributed by atoms with Crippen LogP contribution in [0.4, 0.5) is 5.69 Å². The highest BCUT2D eigenvalue weighted by Gasteiger charge is 2.23. The van der Waals surface area contributed by atoms with Crippen LogP contribution in [-0.2, 0) is 38.8 Å². The molecule has 0 bridgehead atoms. The number of aromatic nitrogens is 1. The Bertz CT molecular complexity index is 1430. The van der Waals surface area contributed by atoms with Crippen LogP contribution in [0.3, 0.4) is 0 Å². The molecular formula is C32H34N2O6. The first-order valence-corrected chi connectivity index (χ1v) is 13.6. The molecule has 1 aromatic heterocycles. The molecule has 0 saturated carbocycles. The Morgan fingerprint density at radius 3 is 2.38 bits per heavy atom. The van der Waals surface area contributed by atoms with Crippen LogP contribution in [0.5, 0.6) is 5.75 Å². The van der Waals surface area contributed by atoms with Crippen LogP contribution in [0.15, 0.2) is 79.0 Å². The van der Waals surface area contributed by atoms with Crippen molar-refractivity contribution >= 4 is 28.5 Å². The molecule has 1 atom stereocenters. The molecule has 0 aliphatic carbocycles. The average Bonchev–Trinajstić information content (AvgIpc) is 3.41. The first-order chi connectivity index (χ1) is 19.6. The summed E-state index contributed by atoms with van der Waals surface area (Å²) in [5.41, 5.74) is 3.37. The smallest absolute Gasteiger partial charge is 0.339 e. The minimum absolute atomic E-state index is 0.144. The van der Waals surface area contributed by atoms with Gasteiger partial charge in [0.1, 0.15) is 24.7 Å². The van der Waals surface area contributed by atoms with Crippen LogP contribution >= 0.6 is 0 Å². The van der Waals surface area contributed by atoms with E-state index in [1.807, 2.05) is 77.5 Å². The van der Waals surface area contributed by atoms with E-state index in [-0.39, 0.29) is 25.4 Å². The molecule has 0 spiro atoms. The minimum Gasteiger partial charge on any atom is -0.487 e. The zero-order valence-corrected chi connectivity index (χ0v) is 22.6. The van der Waals surface area contributed by atoms with Crippen LogP contribution in [0.2, 0.25) is 0 Å². The third-order valence-electron chi connectivity index (χ3n) is 6.76. The van der Waals surface area contributed by atoms with Crippen molar-refractivity contribution in [1.29, 1.82) is 0 Å². The molecule has 5 rings (SSSR count). The van der Waals surface area contributed by atoms with Crippen molar-refractivity contribution in [1.82, 2.24) is 4.57 Å². The summed E-state index contributed by atoms with van der Waals surface area (Å²) in [5, 5.41) is 3.60. The molecule has 2 heterocycles. The van der Waals surface area contributed by atoms with Crippen molar-refractivity contribution in [2.24, 2.45) is 0 Å². The minimum atomic E-state index is -0.475. The summed E-state index contributed by atoms with van der Waals surface area (Å²) < 4.78 is 25.6. The Labute approximate surface area is 233 Å². The van der Waals surface area contributed by atoms with Gasteiger partial charge in [-0.05, 0) is 42.5 Å². The van der Waals surface area contributed by atoms with Gasteiger partial charge in [-0.25, -0.2) is 4.79 Å². The normalized spacial score (nSPS) is 15.1. The molecule has 40 heavy (non-hydrogen) atoms. The van der Waals surface area contributed by atoms with Crippen LogP contribution in [0.25, 0.3) is 10.9 Å². The zero-order chi connectivity index (χ0) is 27.7. The Balaban J connectivity index is 1.48. The number of benzene rings is 3. The van der Waals surface area contributed by atoms with Crippen LogP contribution in [0, 0.1) is 0 Å². The van der Waals surface area contributed by atoms with Crippen molar-refractivity contribution in [3.8, 4) is 5.75 Å². The lowest BCUT2D eigenvalue weighted by molar-refractivity contribution is -0.163. The first kappa shape index (κ1) is 27.4. The second-order valence-electron chi connectivity index (χ2n) is 9.75. The van der Waals surface area contributed by atoms with Gasteiger partial charge in [0.05, 0.1) is 17.7 Å². The van der Waals surface area contributed by atoms with E-state index in [4.69, 9.17) is 18.9 Å². The summed E-state index contributed by atoms with van der Waals surface area (Å²) >= 11 is 0. The number of esters is 1. The summed E-state index contributed by atoms with van der Waals surface area (Å²) in [6.45, 7) is 3.48. The van der Waals surface area contributed by atoms with E-state index in [9.17, 15) is 9.59 Å². The maximum Gasteiger partial charge on any atom is 0.339 e. The zero-order valence-electron chi connectivity index (χ0n) is 22.6. The summed E-state index contributed by atoms with van der Waals surface area (Å²) in [6.07, 6.45) is 4.69. The number of nitrogens with one attached hydrogen (secondary N) is 1. The molecule has 1 aliphatic rings. The molecule has 8 heteroatoms. The van der Waals surface area contributed by atoms with Crippen LogP contribution in [0.1, 0.15) is 47.7 Å². The third kappa shape index (κ3) is 6.89. The monoisotopic (exact) mass is 542 g/mol. The van der Waals surface area contributed by atoms with E-state index in [1.165, 1.54) is 6.92 Å². The number of hydrogen-bond donors (Lipinski definition) is 1. The number of ether oxygens (including phenoxy) is 4. The highest BCUT2D eigenvalue weighted by atomic mass is 16.7. The third-order valence-corrected chi connectivity index (χ3v) is 6.76. The lowest BCUT2D eigenvalue weighted by atomic mass is 10.1. The van der Waals surface area contributed by atoms with E-state index in [0.717, 1.165) is 30.4 Å². The predicted molar refractivity (Wildman–Crippen MR) is 152 cm³/mol. The Morgan fingerprint density at radius 1 is 0.975 bits per heavy atom. The Hall–Kier alpha value is -4.14. The molecule has 1 unspecified atom stereocenters. The summed E-state index contributed by atoms with van der Waals surface area (Å²) in [4.78, 5) is 25.7. The van der Waals surface area contributed by atoms with E-state index in [2.05, 4.69) is 5.32 Å². The fraction of sp³-hybridized carbons (Fsp3) is 0.312. The van der Waals surface area contributed by atoms with Gasteiger partial charge in [-0.2, -0.15) is 0 Å². The summed E-state index contributed by atoms with van der Waals surface area (Å²) in [7, 11) is 0. The molecule has 1 N–H and O–H groups in total. The lowest BCUT2D eigenvalue weighted by Crippen LogP contribution is -2.24. The lowest BCUT2D eigenvalue weighted by Gasteiger charge is -2.23. The topological polar surface area (TPSA) is 88.0 Å². The fourth-order valence-electron chi connectivity index (χ4n) is 4.79. The van der Waals surface area contributed by atoms with Gasteiger partial charge < -0.3 is 28.8 Å². The van der Waals surface area contributed by atoms with Gasteiger partial charge in [-0.3, -0.25) is 4.79 Å². The van der Waals surface area contributed by atoms with Crippen molar-refractivity contribution < 1.29 is 28.5 Å². The van der Waals surface area contributed by atoms with Gasteiger partial charge >= 0.3 is 5.97 Å². The van der Waals surface area contributed by atoms with Crippen LogP contribution in [-0.4, -0.2) is 35.9 Å². The standard InChI is InChI=1S/C32H34N2O6/c1-23(35)33-30-28(39-21-24-10-4-2-5-11-24)20-27(32(36)40-22-25-12-6-3-7-13-25)26-15-16-34(31(26)30)17-19-38-29-14-8-9-18-37-29/h2-7,10-13,15-16,20,29H,8-9,14,17-19,21-22H2,1H3,(H,33,35). The van der Waals surface area contributed by atoms with E-state index in [0.29, 0.717) is 47.7 Å². The first-order valence-electron chi connectivity index (χ1n) is 13.6. The fourth-order valence-corrected chi connectivity index (χ4v) is 4.79. The van der Waals surface area contributed by atoms with Crippen molar-refractivity contribution in [2.45, 2.75) is 52.2 Å². The predicted octanol–water partition coefficient (Wildman–Crippen LogP) is 6.08. The highest BCUT2D eigenvalue weighted by molar-refractivity contribution is 6.11. The van der Waals surface area contributed by atoms with E-state index < -0.39 is 5.97 Å². The SMILES string of the molecule is CC(=O)Nc1c(OCc2ccccc2)cc(C(=O)OCc2ccccc2)c2ccn(CCOC3CCCCO3)c12. The Kier molecular flexibility index (Phi) is 9.11. The van der Waals surface area contributed by atoms with Gasteiger partial charge in [-0.1, -0.05) is 60.7 Å². The molecule has 1 saturated heterocycles. The number of nitrogens with zero attached hydrogens (tertiary/aromatic N) is 1. The number of hydrogen-bond acceptors (Lipinski definition) is 6. The molecule has 8 nitrogen and oxygen atoms in total.